The van der Waals surface area contributed by atoms with Gasteiger partial charge in [-0.15, -0.1) is 0 Å². The number of rotatable bonds is 6. The van der Waals surface area contributed by atoms with Gasteiger partial charge in [-0.3, -0.25) is 14.1 Å². The summed E-state index contributed by atoms with van der Waals surface area (Å²) in [6, 6.07) is 0. The largest absolute Gasteiger partial charge is 0.330 e. The van der Waals surface area contributed by atoms with Crippen molar-refractivity contribution in [2.75, 3.05) is 19.8 Å². The van der Waals surface area contributed by atoms with Crippen LogP contribution < -0.4 is 11.1 Å². The fourth-order valence-corrected chi connectivity index (χ4v) is 0.738. The zero-order valence-electron chi connectivity index (χ0n) is 7.37. The first kappa shape index (κ1) is 12.0. The SMILES string of the molecule is CC(C)(CN)CNCOS(=O)O. The third-order valence-electron chi connectivity index (χ3n) is 1.42. The first-order chi connectivity index (χ1) is 5.48. The molecule has 0 amide bonds. The van der Waals surface area contributed by atoms with E-state index in [2.05, 4.69) is 9.50 Å². The Bertz CT molecular complexity index is 152. The first-order valence-corrected chi connectivity index (χ1v) is 4.66. The lowest BCUT2D eigenvalue weighted by Gasteiger charge is -2.22. The number of hydrogen-bond donors (Lipinski definition) is 3. The van der Waals surface area contributed by atoms with Crippen LogP contribution in [0.25, 0.3) is 0 Å². The highest BCUT2D eigenvalue weighted by molar-refractivity contribution is 7.74. The fourth-order valence-electron chi connectivity index (χ4n) is 0.554. The highest BCUT2D eigenvalue weighted by atomic mass is 32.2. The Morgan fingerprint density at radius 1 is 1.67 bits per heavy atom. The lowest BCUT2D eigenvalue weighted by molar-refractivity contribution is 0.247. The summed E-state index contributed by atoms with van der Waals surface area (Å²) in [7, 11) is 0. The standard InChI is InChI=1S/C6H16N2O3S/c1-6(2,3-7)4-8-5-11-12(9)10/h8H,3-5,7H2,1-2H3,(H,9,10). The van der Waals surface area contributed by atoms with E-state index in [1.165, 1.54) is 0 Å². The molecule has 0 spiro atoms. The number of nitrogens with one attached hydrogen (secondary N) is 1. The maximum atomic E-state index is 10.0. The molecule has 4 N–H and O–H groups in total. The van der Waals surface area contributed by atoms with Gasteiger partial charge in [0.15, 0.2) is 0 Å². The molecule has 1 atom stereocenters. The molecule has 0 aromatic rings. The van der Waals surface area contributed by atoms with Crippen molar-refractivity contribution < 1.29 is 12.9 Å². The van der Waals surface area contributed by atoms with Gasteiger partial charge in [0.05, 0.1) is 0 Å². The van der Waals surface area contributed by atoms with Gasteiger partial charge in [-0.25, -0.2) is 0 Å². The normalized spacial score (nSPS) is 14.7. The second-order valence-corrected chi connectivity index (χ2v) is 3.94. The van der Waals surface area contributed by atoms with Gasteiger partial charge in [0.25, 0.3) is 0 Å². The van der Waals surface area contributed by atoms with E-state index in [-0.39, 0.29) is 12.1 Å². The van der Waals surface area contributed by atoms with Crippen molar-refractivity contribution in [2.24, 2.45) is 11.1 Å². The molecule has 0 aromatic heterocycles. The third kappa shape index (κ3) is 6.68. The van der Waals surface area contributed by atoms with Crippen molar-refractivity contribution in [2.45, 2.75) is 13.8 Å². The molecular formula is C6H16N2O3S. The van der Waals surface area contributed by atoms with E-state index in [4.69, 9.17) is 10.3 Å². The molecule has 5 nitrogen and oxygen atoms in total. The average molecular weight is 196 g/mol. The first-order valence-electron chi connectivity index (χ1n) is 3.63. The molecule has 0 saturated carbocycles. The summed E-state index contributed by atoms with van der Waals surface area (Å²) < 4.78 is 22.6. The minimum Gasteiger partial charge on any atom is -0.330 e. The van der Waals surface area contributed by atoms with E-state index in [0.29, 0.717) is 13.1 Å². The Labute approximate surface area is 75.2 Å². The highest BCUT2D eigenvalue weighted by Gasteiger charge is 2.14. The van der Waals surface area contributed by atoms with Gasteiger partial charge in [0.1, 0.15) is 6.73 Å². The minimum atomic E-state index is -2.19. The smallest absolute Gasteiger partial charge is 0.303 e. The van der Waals surface area contributed by atoms with Crippen molar-refractivity contribution in [1.82, 2.24) is 5.32 Å². The molecule has 0 heterocycles. The van der Waals surface area contributed by atoms with Gasteiger partial charge in [-0.1, -0.05) is 13.8 Å². The summed E-state index contributed by atoms with van der Waals surface area (Å²) in [6.07, 6.45) is 0. The molecule has 0 aromatic carbocycles. The fraction of sp³-hybridized carbons (Fsp3) is 1.00. The Hall–Kier alpha value is -0.0100. The minimum absolute atomic E-state index is 0.0136. The second-order valence-electron chi connectivity index (χ2n) is 3.27. The van der Waals surface area contributed by atoms with Crippen molar-refractivity contribution in [3.8, 4) is 0 Å². The summed E-state index contributed by atoms with van der Waals surface area (Å²) in [5.41, 5.74) is 5.44. The van der Waals surface area contributed by atoms with Crippen LogP contribution in [0.15, 0.2) is 0 Å². The Morgan fingerprint density at radius 3 is 2.67 bits per heavy atom. The zero-order chi connectivity index (χ0) is 9.61. The van der Waals surface area contributed by atoms with Crippen LogP contribution in [0.4, 0.5) is 0 Å². The molecule has 0 radical (unpaired) electrons. The zero-order valence-corrected chi connectivity index (χ0v) is 8.19. The van der Waals surface area contributed by atoms with Crippen LogP contribution in [0.2, 0.25) is 0 Å². The Kier molecular flexibility index (Phi) is 5.60. The molecule has 74 valence electrons. The van der Waals surface area contributed by atoms with E-state index in [1.54, 1.807) is 0 Å². The van der Waals surface area contributed by atoms with Gasteiger partial charge in [0, 0.05) is 6.54 Å². The summed E-state index contributed by atoms with van der Waals surface area (Å²) in [6.45, 7) is 5.27. The van der Waals surface area contributed by atoms with Gasteiger partial charge >= 0.3 is 11.4 Å². The molecule has 0 aliphatic carbocycles. The van der Waals surface area contributed by atoms with E-state index >= 15 is 0 Å². The molecule has 0 fully saturated rings. The molecule has 0 rings (SSSR count). The summed E-state index contributed by atoms with van der Waals surface area (Å²) in [5.74, 6) is 0. The maximum Gasteiger partial charge on any atom is 0.303 e. The molecule has 6 heteroatoms. The van der Waals surface area contributed by atoms with Crippen LogP contribution in [0, 0.1) is 5.41 Å². The molecule has 0 bridgehead atoms. The van der Waals surface area contributed by atoms with E-state index in [9.17, 15) is 4.21 Å². The molecule has 0 aliphatic heterocycles. The van der Waals surface area contributed by atoms with Crippen molar-refractivity contribution >= 4 is 11.4 Å². The quantitative estimate of drug-likeness (QED) is 0.308. The highest BCUT2D eigenvalue weighted by Crippen LogP contribution is 2.09. The average Bonchev–Trinajstić information content (AvgIpc) is 1.98. The topological polar surface area (TPSA) is 84.6 Å². The van der Waals surface area contributed by atoms with Crippen LogP contribution in [0.5, 0.6) is 0 Å². The van der Waals surface area contributed by atoms with E-state index in [0.717, 1.165) is 0 Å². The maximum absolute atomic E-state index is 10.0. The van der Waals surface area contributed by atoms with Crippen LogP contribution in [0.1, 0.15) is 13.8 Å². The molecule has 12 heavy (non-hydrogen) atoms. The third-order valence-corrected chi connectivity index (χ3v) is 1.74. The molecule has 0 saturated heterocycles. The lowest BCUT2D eigenvalue weighted by atomic mass is 9.94. The van der Waals surface area contributed by atoms with Gasteiger partial charge in [-0.05, 0) is 12.0 Å². The predicted molar refractivity (Wildman–Crippen MR) is 47.6 cm³/mol. The molecule has 0 aliphatic rings. The number of hydrogen-bond acceptors (Lipinski definition) is 4. The van der Waals surface area contributed by atoms with Gasteiger partial charge in [-0.2, -0.15) is 4.21 Å². The van der Waals surface area contributed by atoms with E-state index < -0.39 is 11.4 Å². The van der Waals surface area contributed by atoms with Crippen LogP contribution in [0.3, 0.4) is 0 Å². The van der Waals surface area contributed by atoms with Crippen LogP contribution in [-0.2, 0) is 15.5 Å². The summed E-state index contributed by atoms with van der Waals surface area (Å²) in [4.78, 5) is 0. The summed E-state index contributed by atoms with van der Waals surface area (Å²) >= 11 is -2.19. The lowest BCUT2D eigenvalue weighted by Crippen LogP contribution is -2.36. The molecular weight excluding hydrogens is 180 g/mol. The van der Waals surface area contributed by atoms with Crippen LogP contribution in [-0.4, -0.2) is 28.6 Å². The number of nitrogens with two attached hydrogens (primary N) is 1. The van der Waals surface area contributed by atoms with Crippen molar-refractivity contribution in [3.63, 3.8) is 0 Å². The van der Waals surface area contributed by atoms with E-state index in [1.807, 2.05) is 13.8 Å². The van der Waals surface area contributed by atoms with Crippen LogP contribution >= 0.6 is 0 Å². The van der Waals surface area contributed by atoms with Crippen molar-refractivity contribution in [1.29, 1.82) is 0 Å². The molecule has 1 unspecified atom stereocenters. The van der Waals surface area contributed by atoms with Crippen molar-refractivity contribution in [3.05, 3.63) is 0 Å². The van der Waals surface area contributed by atoms with Gasteiger partial charge < -0.3 is 5.73 Å². The summed E-state index contributed by atoms with van der Waals surface area (Å²) in [5, 5.41) is 2.85. The monoisotopic (exact) mass is 196 g/mol. The van der Waals surface area contributed by atoms with Gasteiger partial charge in [0.2, 0.25) is 0 Å². The second kappa shape index (κ2) is 5.60. The Balaban J connectivity index is 3.37. The predicted octanol–water partition coefficient (Wildman–Crippen LogP) is -0.328. The Morgan fingerprint density at radius 2 is 2.25 bits per heavy atom.